The molecule has 1 amide bonds. The molecule has 2 heterocycles. The fraction of sp³-hybridized carbons (Fsp3) is 0.348. The molecule has 8 heteroatoms. The molecular weight excluding hydrogens is 412 g/mol. The van der Waals surface area contributed by atoms with Gasteiger partial charge in [0.25, 0.3) is 0 Å². The van der Waals surface area contributed by atoms with Crippen LogP contribution in [-0.4, -0.2) is 34.5 Å². The van der Waals surface area contributed by atoms with Crippen molar-refractivity contribution in [3.8, 4) is 11.5 Å². The van der Waals surface area contributed by atoms with E-state index in [0.717, 1.165) is 35.2 Å². The quantitative estimate of drug-likeness (QED) is 0.430. The van der Waals surface area contributed by atoms with Gasteiger partial charge in [0, 0.05) is 23.2 Å². The average molecular weight is 437 g/mol. The molecule has 1 fully saturated rings. The third kappa shape index (κ3) is 4.69. The topological polar surface area (TPSA) is 85.4 Å². The molecule has 0 atom stereocenters. The number of thioether (sulfide) groups is 1. The summed E-state index contributed by atoms with van der Waals surface area (Å²) in [4.78, 5) is 21.7. The maximum atomic E-state index is 12.4. The van der Waals surface area contributed by atoms with Gasteiger partial charge in [0.05, 0.1) is 11.3 Å². The Labute approximate surface area is 184 Å². The number of fused-ring (bicyclic) bond motifs is 2. The van der Waals surface area contributed by atoms with E-state index in [2.05, 4.69) is 15.6 Å². The summed E-state index contributed by atoms with van der Waals surface area (Å²) >= 11 is 1.36. The molecule has 1 aliphatic carbocycles. The first-order chi connectivity index (χ1) is 15.2. The van der Waals surface area contributed by atoms with E-state index >= 15 is 0 Å². The summed E-state index contributed by atoms with van der Waals surface area (Å²) < 4.78 is 10.9. The van der Waals surface area contributed by atoms with Crippen molar-refractivity contribution in [3.05, 3.63) is 42.5 Å². The van der Waals surface area contributed by atoms with Crippen LogP contribution in [0, 0.1) is 0 Å². The molecule has 0 saturated heterocycles. The lowest BCUT2D eigenvalue weighted by atomic mass is 9.95. The zero-order valence-electron chi connectivity index (χ0n) is 17.1. The summed E-state index contributed by atoms with van der Waals surface area (Å²) in [6, 6.07) is 13.8. The molecule has 1 aromatic heterocycles. The Balaban J connectivity index is 1.33. The molecule has 0 bridgehead atoms. The largest absolute Gasteiger partial charge is 0.454 e. The molecule has 0 unspecified atom stereocenters. The first kappa shape index (κ1) is 19.9. The standard InChI is InChI=1S/C23H24N4O3S/c28-21(24-15-6-2-1-3-7-15)13-31-23-26-18-9-5-4-8-17(18)22(27-23)25-16-10-11-19-20(12-16)30-14-29-19/h4-5,8-12,15H,1-3,6-7,13-14H2,(H,24,28)(H,25,26,27). The second-order valence-electron chi connectivity index (χ2n) is 7.76. The number of hydrogen-bond acceptors (Lipinski definition) is 7. The van der Waals surface area contributed by atoms with E-state index in [-0.39, 0.29) is 12.7 Å². The lowest BCUT2D eigenvalue weighted by Gasteiger charge is -2.22. The van der Waals surface area contributed by atoms with Crippen LogP contribution in [-0.2, 0) is 4.79 Å². The van der Waals surface area contributed by atoms with E-state index in [4.69, 9.17) is 14.5 Å². The number of nitrogens with one attached hydrogen (secondary N) is 2. The van der Waals surface area contributed by atoms with E-state index in [0.29, 0.717) is 28.5 Å². The number of amides is 1. The van der Waals surface area contributed by atoms with Crippen LogP contribution in [0.15, 0.2) is 47.6 Å². The van der Waals surface area contributed by atoms with Crippen LogP contribution in [0.5, 0.6) is 11.5 Å². The lowest BCUT2D eigenvalue weighted by molar-refractivity contribution is -0.119. The van der Waals surface area contributed by atoms with Crippen LogP contribution in [0.25, 0.3) is 10.9 Å². The van der Waals surface area contributed by atoms with Gasteiger partial charge in [-0.1, -0.05) is 43.2 Å². The number of hydrogen-bond donors (Lipinski definition) is 2. The summed E-state index contributed by atoms with van der Waals surface area (Å²) in [5, 5.41) is 8.00. The van der Waals surface area contributed by atoms with Gasteiger partial charge in [0.2, 0.25) is 12.7 Å². The predicted octanol–water partition coefficient (Wildman–Crippen LogP) is 4.64. The van der Waals surface area contributed by atoms with Crippen molar-refractivity contribution in [1.29, 1.82) is 0 Å². The van der Waals surface area contributed by atoms with Crippen LogP contribution < -0.4 is 20.1 Å². The number of nitrogens with zero attached hydrogens (tertiary/aromatic N) is 2. The minimum absolute atomic E-state index is 0.0407. The number of carbonyl (C=O) groups is 1. The Bertz CT molecular complexity index is 1100. The average Bonchev–Trinajstić information content (AvgIpc) is 3.26. The maximum absolute atomic E-state index is 12.4. The highest BCUT2D eigenvalue weighted by Gasteiger charge is 2.17. The Morgan fingerprint density at radius 2 is 1.87 bits per heavy atom. The summed E-state index contributed by atoms with van der Waals surface area (Å²) in [7, 11) is 0. The normalized spacial score (nSPS) is 15.7. The Morgan fingerprint density at radius 1 is 1.03 bits per heavy atom. The zero-order chi connectivity index (χ0) is 21.0. The Hall–Kier alpha value is -3.00. The third-order valence-electron chi connectivity index (χ3n) is 5.52. The van der Waals surface area contributed by atoms with E-state index in [9.17, 15) is 4.79 Å². The second-order valence-corrected chi connectivity index (χ2v) is 8.70. The van der Waals surface area contributed by atoms with E-state index < -0.39 is 0 Å². The first-order valence-electron chi connectivity index (χ1n) is 10.6. The van der Waals surface area contributed by atoms with Gasteiger partial charge in [-0.2, -0.15) is 0 Å². The third-order valence-corrected chi connectivity index (χ3v) is 6.37. The van der Waals surface area contributed by atoms with Crippen LogP contribution in [0.4, 0.5) is 11.5 Å². The fourth-order valence-electron chi connectivity index (χ4n) is 3.97. The smallest absolute Gasteiger partial charge is 0.231 e. The molecule has 160 valence electrons. The molecule has 2 aliphatic rings. The molecule has 1 aliphatic heterocycles. The van der Waals surface area contributed by atoms with Crippen molar-refractivity contribution in [3.63, 3.8) is 0 Å². The van der Waals surface area contributed by atoms with E-state index in [1.807, 2.05) is 42.5 Å². The highest BCUT2D eigenvalue weighted by Crippen LogP contribution is 2.36. The number of carbonyl (C=O) groups excluding carboxylic acids is 1. The Morgan fingerprint density at radius 3 is 2.77 bits per heavy atom. The van der Waals surface area contributed by atoms with Gasteiger partial charge in [-0.3, -0.25) is 4.79 Å². The number of rotatable bonds is 6. The van der Waals surface area contributed by atoms with Crippen LogP contribution in [0.2, 0.25) is 0 Å². The molecule has 2 aromatic carbocycles. The number of aromatic nitrogens is 2. The molecule has 2 N–H and O–H groups in total. The minimum Gasteiger partial charge on any atom is -0.454 e. The van der Waals surface area contributed by atoms with Gasteiger partial charge < -0.3 is 20.1 Å². The Kier molecular flexibility index (Phi) is 5.80. The van der Waals surface area contributed by atoms with Crippen molar-refractivity contribution in [2.75, 3.05) is 17.9 Å². The lowest BCUT2D eigenvalue weighted by Crippen LogP contribution is -2.37. The summed E-state index contributed by atoms with van der Waals surface area (Å²) in [5.74, 6) is 2.48. The number of ether oxygens (including phenoxy) is 2. The summed E-state index contributed by atoms with van der Waals surface area (Å²) in [6.45, 7) is 0.235. The van der Waals surface area contributed by atoms with Crippen LogP contribution in [0.1, 0.15) is 32.1 Å². The van der Waals surface area contributed by atoms with Crippen molar-refractivity contribution >= 4 is 40.1 Å². The van der Waals surface area contributed by atoms with Crippen molar-refractivity contribution in [2.24, 2.45) is 0 Å². The number of benzene rings is 2. The summed E-state index contributed by atoms with van der Waals surface area (Å²) in [5.41, 5.74) is 1.68. The van der Waals surface area contributed by atoms with E-state index in [1.165, 1.54) is 31.0 Å². The molecule has 3 aromatic rings. The van der Waals surface area contributed by atoms with Gasteiger partial charge >= 0.3 is 0 Å². The number of para-hydroxylation sites is 1. The highest BCUT2D eigenvalue weighted by molar-refractivity contribution is 7.99. The molecule has 0 spiro atoms. The number of anilines is 2. The van der Waals surface area contributed by atoms with Gasteiger partial charge in [0.1, 0.15) is 5.82 Å². The fourth-order valence-corrected chi connectivity index (χ4v) is 4.63. The van der Waals surface area contributed by atoms with Crippen molar-refractivity contribution in [1.82, 2.24) is 15.3 Å². The summed E-state index contributed by atoms with van der Waals surface area (Å²) in [6.07, 6.45) is 5.81. The van der Waals surface area contributed by atoms with Gasteiger partial charge in [-0.05, 0) is 37.1 Å². The first-order valence-corrected chi connectivity index (χ1v) is 11.6. The van der Waals surface area contributed by atoms with Gasteiger partial charge in [-0.15, -0.1) is 0 Å². The molecule has 1 saturated carbocycles. The van der Waals surface area contributed by atoms with Crippen LogP contribution in [0.3, 0.4) is 0 Å². The molecule has 31 heavy (non-hydrogen) atoms. The predicted molar refractivity (Wildman–Crippen MR) is 121 cm³/mol. The SMILES string of the molecule is O=C(CSc1nc(Nc2ccc3c(c2)OCO3)c2ccccc2n1)NC1CCCCC1. The monoisotopic (exact) mass is 436 g/mol. The molecular formula is C23H24N4O3S. The zero-order valence-corrected chi connectivity index (χ0v) is 17.9. The van der Waals surface area contributed by atoms with Crippen molar-refractivity contribution in [2.45, 2.75) is 43.3 Å². The maximum Gasteiger partial charge on any atom is 0.231 e. The van der Waals surface area contributed by atoms with Crippen LogP contribution >= 0.6 is 11.8 Å². The van der Waals surface area contributed by atoms with Crippen molar-refractivity contribution < 1.29 is 14.3 Å². The minimum atomic E-state index is 0.0407. The highest BCUT2D eigenvalue weighted by atomic mass is 32.2. The molecule has 0 radical (unpaired) electrons. The second kappa shape index (κ2) is 9.01. The van der Waals surface area contributed by atoms with Gasteiger partial charge in [-0.25, -0.2) is 9.97 Å². The molecule has 7 nitrogen and oxygen atoms in total. The van der Waals surface area contributed by atoms with Gasteiger partial charge in [0.15, 0.2) is 16.7 Å². The van der Waals surface area contributed by atoms with E-state index in [1.54, 1.807) is 0 Å². The molecule has 5 rings (SSSR count).